The van der Waals surface area contributed by atoms with Crippen LogP contribution in [0.2, 0.25) is 0 Å². The number of unbranched alkanes of at least 4 members (excludes halogenated alkanes) is 1. The number of alkyl halides is 3. The Morgan fingerprint density at radius 2 is 2.06 bits per heavy atom. The van der Waals surface area contributed by atoms with Crippen LogP contribution in [-0.2, 0) is 0 Å². The number of halogens is 3. The molecular weight excluding hydrogens is 219 g/mol. The molecule has 1 fully saturated rings. The highest BCUT2D eigenvalue weighted by Gasteiger charge is 2.59. The van der Waals surface area contributed by atoms with Gasteiger partial charge in [-0.3, -0.25) is 0 Å². The molecule has 0 aromatic heterocycles. The lowest BCUT2D eigenvalue weighted by Gasteiger charge is -2.32. The highest BCUT2D eigenvalue weighted by atomic mass is 19.4. The van der Waals surface area contributed by atoms with Crippen molar-refractivity contribution < 1.29 is 18.3 Å². The lowest BCUT2D eigenvalue weighted by atomic mass is 9.86. The normalized spacial score (nSPS) is 30.9. The summed E-state index contributed by atoms with van der Waals surface area (Å²) in [6.45, 7) is 0.817. The van der Waals surface area contributed by atoms with Gasteiger partial charge in [-0.1, -0.05) is 6.42 Å². The van der Waals surface area contributed by atoms with Crippen LogP contribution in [0, 0.1) is 5.92 Å². The minimum absolute atomic E-state index is 0.132. The molecule has 0 aliphatic heterocycles. The first-order valence-corrected chi connectivity index (χ1v) is 5.85. The first-order chi connectivity index (χ1) is 7.42. The van der Waals surface area contributed by atoms with Gasteiger partial charge in [0.2, 0.25) is 0 Å². The number of nitrogens with one attached hydrogen (secondary N) is 1. The SMILES string of the molecule is CNCCCCC1CCCC1(O)C(F)(F)F. The quantitative estimate of drug-likeness (QED) is 0.722. The fourth-order valence-electron chi connectivity index (χ4n) is 2.51. The maximum absolute atomic E-state index is 12.7. The zero-order valence-electron chi connectivity index (χ0n) is 9.61. The van der Waals surface area contributed by atoms with Gasteiger partial charge in [0.05, 0.1) is 0 Å². The Kier molecular flexibility index (Phi) is 4.62. The van der Waals surface area contributed by atoms with Gasteiger partial charge < -0.3 is 10.4 Å². The highest BCUT2D eigenvalue weighted by Crippen LogP contribution is 2.48. The molecule has 1 rings (SSSR count). The van der Waals surface area contributed by atoms with Crippen molar-refractivity contribution in [2.75, 3.05) is 13.6 Å². The first kappa shape index (κ1) is 13.8. The molecule has 0 heterocycles. The molecule has 2 nitrogen and oxygen atoms in total. The van der Waals surface area contributed by atoms with Crippen molar-refractivity contribution in [3.8, 4) is 0 Å². The summed E-state index contributed by atoms with van der Waals surface area (Å²) in [5.74, 6) is -0.607. The van der Waals surface area contributed by atoms with Gasteiger partial charge in [-0.05, 0) is 51.6 Å². The molecule has 0 bridgehead atoms. The van der Waals surface area contributed by atoms with E-state index in [1.165, 1.54) is 0 Å². The van der Waals surface area contributed by atoms with E-state index in [9.17, 15) is 18.3 Å². The van der Waals surface area contributed by atoms with E-state index < -0.39 is 17.7 Å². The molecule has 0 aromatic rings. The molecule has 0 amide bonds. The predicted molar refractivity (Wildman–Crippen MR) is 56.1 cm³/mol. The number of aliphatic hydroxyl groups is 1. The summed E-state index contributed by atoms with van der Waals surface area (Å²) in [5.41, 5.74) is -2.42. The molecule has 2 atom stereocenters. The van der Waals surface area contributed by atoms with Gasteiger partial charge in [-0.25, -0.2) is 0 Å². The van der Waals surface area contributed by atoms with Gasteiger partial charge in [0.15, 0.2) is 5.60 Å². The second kappa shape index (κ2) is 5.36. The fourth-order valence-corrected chi connectivity index (χ4v) is 2.51. The molecule has 1 aliphatic rings. The van der Waals surface area contributed by atoms with Crippen molar-refractivity contribution in [1.82, 2.24) is 5.32 Å². The average Bonchev–Trinajstić information content (AvgIpc) is 2.56. The van der Waals surface area contributed by atoms with Gasteiger partial charge in [-0.15, -0.1) is 0 Å². The van der Waals surface area contributed by atoms with Crippen molar-refractivity contribution in [3.05, 3.63) is 0 Å². The third-order valence-electron chi connectivity index (χ3n) is 3.51. The van der Waals surface area contributed by atoms with Gasteiger partial charge in [0, 0.05) is 0 Å². The summed E-state index contributed by atoms with van der Waals surface area (Å²) >= 11 is 0. The van der Waals surface area contributed by atoms with Crippen LogP contribution in [-0.4, -0.2) is 30.5 Å². The van der Waals surface area contributed by atoms with E-state index >= 15 is 0 Å². The van der Waals surface area contributed by atoms with Gasteiger partial charge in [0.1, 0.15) is 0 Å². The molecule has 16 heavy (non-hydrogen) atoms. The average molecular weight is 239 g/mol. The Labute approximate surface area is 94.2 Å². The molecule has 1 saturated carbocycles. The second-order valence-electron chi connectivity index (χ2n) is 4.61. The maximum atomic E-state index is 12.7. The molecule has 5 heteroatoms. The second-order valence-corrected chi connectivity index (χ2v) is 4.61. The Morgan fingerprint density at radius 1 is 1.38 bits per heavy atom. The van der Waals surface area contributed by atoms with Gasteiger partial charge >= 0.3 is 6.18 Å². The molecular formula is C11H20F3NO. The summed E-state index contributed by atoms with van der Waals surface area (Å²) < 4.78 is 38.1. The molecule has 1 aliphatic carbocycles. The smallest absolute Gasteiger partial charge is 0.380 e. The van der Waals surface area contributed by atoms with E-state index in [0.717, 1.165) is 19.4 Å². The minimum Gasteiger partial charge on any atom is -0.380 e. The van der Waals surface area contributed by atoms with Gasteiger partial charge in [-0.2, -0.15) is 13.2 Å². The van der Waals surface area contributed by atoms with E-state index in [0.29, 0.717) is 19.3 Å². The topological polar surface area (TPSA) is 32.3 Å². The third kappa shape index (κ3) is 2.88. The summed E-state index contributed by atoms with van der Waals surface area (Å²) in [7, 11) is 1.82. The van der Waals surface area contributed by atoms with E-state index in [2.05, 4.69) is 5.32 Å². The van der Waals surface area contributed by atoms with Crippen LogP contribution >= 0.6 is 0 Å². The van der Waals surface area contributed by atoms with Crippen LogP contribution in [0.1, 0.15) is 38.5 Å². The predicted octanol–water partition coefficient (Wildman–Crippen LogP) is 2.47. The summed E-state index contributed by atoms with van der Waals surface area (Å²) in [6.07, 6.45) is -1.56. The van der Waals surface area contributed by atoms with Crippen LogP contribution < -0.4 is 5.32 Å². The molecule has 96 valence electrons. The molecule has 0 aromatic carbocycles. The van der Waals surface area contributed by atoms with Crippen molar-refractivity contribution in [2.24, 2.45) is 5.92 Å². The van der Waals surface area contributed by atoms with Crippen molar-refractivity contribution in [3.63, 3.8) is 0 Å². The first-order valence-electron chi connectivity index (χ1n) is 5.85. The fraction of sp³-hybridized carbons (Fsp3) is 1.00. The van der Waals surface area contributed by atoms with Crippen molar-refractivity contribution in [2.45, 2.75) is 50.3 Å². The molecule has 2 unspecified atom stereocenters. The van der Waals surface area contributed by atoms with E-state index in [4.69, 9.17) is 0 Å². The van der Waals surface area contributed by atoms with Crippen LogP contribution in [0.15, 0.2) is 0 Å². The Hall–Kier alpha value is -0.290. The molecule has 0 spiro atoms. The van der Waals surface area contributed by atoms with Crippen LogP contribution in [0.25, 0.3) is 0 Å². The van der Waals surface area contributed by atoms with E-state index in [1.54, 1.807) is 0 Å². The number of hydrogen-bond acceptors (Lipinski definition) is 2. The van der Waals surface area contributed by atoms with Gasteiger partial charge in [0.25, 0.3) is 0 Å². The van der Waals surface area contributed by atoms with Crippen LogP contribution in [0.5, 0.6) is 0 Å². The Bertz CT molecular complexity index is 220. The molecule has 0 radical (unpaired) electrons. The van der Waals surface area contributed by atoms with Crippen molar-refractivity contribution >= 4 is 0 Å². The standard InChI is InChI=1S/C11H20F3NO/c1-15-8-3-2-5-9-6-4-7-10(9,16)11(12,13)14/h9,15-16H,2-8H2,1H3. The lowest BCUT2D eigenvalue weighted by molar-refractivity contribution is -0.273. The zero-order chi connectivity index (χ0) is 12.2. The Balaban J connectivity index is 2.46. The highest BCUT2D eigenvalue weighted by molar-refractivity contribution is 4.97. The monoisotopic (exact) mass is 239 g/mol. The third-order valence-corrected chi connectivity index (χ3v) is 3.51. The van der Waals surface area contributed by atoms with Crippen LogP contribution in [0.3, 0.4) is 0 Å². The summed E-state index contributed by atoms with van der Waals surface area (Å²) in [6, 6.07) is 0. The maximum Gasteiger partial charge on any atom is 0.417 e. The number of rotatable bonds is 5. The zero-order valence-corrected chi connectivity index (χ0v) is 9.61. The minimum atomic E-state index is -4.48. The summed E-state index contributed by atoms with van der Waals surface area (Å²) in [4.78, 5) is 0. The Morgan fingerprint density at radius 3 is 2.62 bits per heavy atom. The molecule has 2 N–H and O–H groups in total. The van der Waals surface area contributed by atoms with E-state index in [1.807, 2.05) is 7.05 Å². The largest absolute Gasteiger partial charge is 0.417 e. The van der Waals surface area contributed by atoms with Crippen molar-refractivity contribution in [1.29, 1.82) is 0 Å². The summed E-state index contributed by atoms with van der Waals surface area (Å²) in [5, 5.41) is 12.7. The lowest BCUT2D eigenvalue weighted by Crippen LogP contribution is -2.48. The van der Waals surface area contributed by atoms with Crippen LogP contribution in [0.4, 0.5) is 13.2 Å². The number of hydrogen-bond donors (Lipinski definition) is 2. The van der Waals surface area contributed by atoms with E-state index in [-0.39, 0.29) is 6.42 Å². The molecule has 0 saturated heterocycles.